The number of rotatable bonds is 3. The van der Waals surface area contributed by atoms with E-state index in [0.29, 0.717) is 5.15 Å². The lowest BCUT2D eigenvalue weighted by Gasteiger charge is -2.21. The molecule has 1 heterocycles. The van der Waals surface area contributed by atoms with Crippen LogP contribution in [0.15, 0.2) is 6.07 Å². The molecule has 0 unspecified atom stereocenters. The normalized spacial score (nSPS) is 11.5. The Hall–Kier alpha value is -0.830. The molecule has 0 atom stereocenters. The first-order valence-electron chi connectivity index (χ1n) is 5.22. The topological polar surface area (TPSA) is 37.8 Å². The molecule has 0 aliphatic heterocycles. The number of aromatic nitrogens is 2. The van der Waals surface area contributed by atoms with E-state index in [-0.39, 0.29) is 5.54 Å². The minimum absolute atomic E-state index is 0.0127. The van der Waals surface area contributed by atoms with E-state index in [9.17, 15) is 0 Å². The van der Waals surface area contributed by atoms with Gasteiger partial charge in [0, 0.05) is 18.0 Å². The van der Waals surface area contributed by atoms with Gasteiger partial charge in [-0.15, -0.1) is 0 Å². The van der Waals surface area contributed by atoms with Crippen molar-refractivity contribution in [2.24, 2.45) is 0 Å². The van der Waals surface area contributed by atoms with Crippen molar-refractivity contribution in [1.82, 2.24) is 9.97 Å². The molecule has 1 rings (SSSR count). The van der Waals surface area contributed by atoms with Crippen LogP contribution in [0.5, 0.6) is 0 Å². The van der Waals surface area contributed by atoms with Crippen molar-refractivity contribution in [3.8, 4) is 0 Å². The van der Waals surface area contributed by atoms with Gasteiger partial charge >= 0.3 is 0 Å². The summed E-state index contributed by atoms with van der Waals surface area (Å²) in [7, 11) is 0. The highest BCUT2D eigenvalue weighted by Gasteiger charge is 2.11. The number of halogens is 1. The molecule has 3 nitrogen and oxygen atoms in total. The van der Waals surface area contributed by atoms with Gasteiger partial charge in [0.25, 0.3) is 0 Å². The van der Waals surface area contributed by atoms with Gasteiger partial charge in [0.2, 0.25) is 0 Å². The summed E-state index contributed by atoms with van der Waals surface area (Å²) in [6.45, 7) is 8.36. The van der Waals surface area contributed by atoms with E-state index >= 15 is 0 Å². The van der Waals surface area contributed by atoms with Gasteiger partial charge in [-0.05, 0) is 27.2 Å². The van der Waals surface area contributed by atoms with Crippen LogP contribution in [-0.2, 0) is 6.42 Å². The molecular formula is C11H18ClN3. The molecule has 84 valence electrons. The molecule has 0 aliphatic carbocycles. The summed E-state index contributed by atoms with van der Waals surface area (Å²) in [5, 5.41) is 3.79. The van der Waals surface area contributed by atoms with E-state index in [2.05, 4.69) is 43.0 Å². The van der Waals surface area contributed by atoms with Crippen molar-refractivity contribution in [2.45, 2.75) is 46.1 Å². The SMILES string of the molecule is CCCc1nc(Cl)cc(NC(C)(C)C)n1. The second kappa shape index (κ2) is 4.79. The van der Waals surface area contributed by atoms with Crippen molar-refractivity contribution in [2.75, 3.05) is 5.32 Å². The maximum absolute atomic E-state index is 5.92. The number of hydrogen-bond donors (Lipinski definition) is 1. The third-order valence-electron chi connectivity index (χ3n) is 1.72. The fourth-order valence-corrected chi connectivity index (χ4v) is 1.45. The second-order valence-electron chi connectivity index (χ2n) is 4.62. The molecule has 0 aliphatic rings. The van der Waals surface area contributed by atoms with Gasteiger partial charge in [-0.25, -0.2) is 9.97 Å². The molecule has 1 N–H and O–H groups in total. The molecule has 4 heteroatoms. The zero-order valence-corrected chi connectivity index (χ0v) is 10.5. The van der Waals surface area contributed by atoms with Crippen LogP contribution in [0.2, 0.25) is 5.15 Å². The van der Waals surface area contributed by atoms with E-state index < -0.39 is 0 Å². The average molecular weight is 228 g/mol. The van der Waals surface area contributed by atoms with Crippen molar-refractivity contribution in [3.05, 3.63) is 17.0 Å². The number of hydrogen-bond acceptors (Lipinski definition) is 3. The molecule has 0 fully saturated rings. The Morgan fingerprint density at radius 3 is 2.53 bits per heavy atom. The molecule has 1 aromatic rings. The van der Waals surface area contributed by atoms with E-state index in [0.717, 1.165) is 24.5 Å². The Labute approximate surface area is 96.3 Å². The maximum atomic E-state index is 5.92. The number of anilines is 1. The van der Waals surface area contributed by atoms with Crippen LogP contribution in [0.25, 0.3) is 0 Å². The molecule has 0 amide bonds. The maximum Gasteiger partial charge on any atom is 0.134 e. The first-order chi connectivity index (χ1) is 6.90. The molecule has 15 heavy (non-hydrogen) atoms. The van der Waals surface area contributed by atoms with Gasteiger partial charge in [-0.1, -0.05) is 18.5 Å². The van der Waals surface area contributed by atoms with Crippen LogP contribution < -0.4 is 5.32 Å². The molecule has 0 bridgehead atoms. The quantitative estimate of drug-likeness (QED) is 0.806. The number of nitrogens with one attached hydrogen (secondary N) is 1. The van der Waals surface area contributed by atoms with Crippen molar-refractivity contribution in [1.29, 1.82) is 0 Å². The molecule has 0 radical (unpaired) electrons. The van der Waals surface area contributed by atoms with Crippen LogP contribution in [0.3, 0.4) is 0 Å². The average Bonchev–Trinajstić information content (AvgIpc) is 1.99. The van der Waals surface area contributed by atoms with Crippen LogP contribution in [0.1, 0.15) is 39.9 Å². The van der Waals surface area contributed by atoms with E-state index in [1.165, 1.54) is 0 Å². The van der Waals surface area contributed by atoms with Gasteiger partial charge in [-0.2, -0.15) is 0 Å². The Bertz CT molecular complexity index is 331. The Morgan fingerprint density at radius 1 is 1.33 bits per heavy atom. The number of nitrogens with zero attached hydrogens (tertiary/aromatic N) is 2. The second-order valence-corrected chi connectivity index (χ2v) is 5.00. The monoisotopic (exact) mass is 227 g/mol. The largest absolute Gasteiger partial charge is 0.365 e. The molecule has 0 saturated heterocycles. The first kappa shape index (κ1) is 12.2. The highest BCUT2D eigenvalue weighted by Crippen LogP contribution is 2.16. The molecule has 0 saturated carbocycles. The zero-order chi connectivity index (χ0) is 11.5. The minimum atomic E-state index is -0.0127. The molecule has 0 spiro atoms. The van der Waals surface area contributed by atoms with Crippen LogP contribution in [-0.4, -0.2) is 15.5 Å². The van der Waals surface area contributed by atoms with Gasteiger partial charge in [0.1, 0.15) is 16.8 Å². The summed E-state index contributed by atoms with van der Waals surface area (Å²) in [6, 6.07) is 1.76. The highest BCUT2D eigenvalue weighted by molar-refractivity contribution is 6.29. The fraction of sp³-hybridized carbons (Fsp3) is 0.636. The summed E-state index contributed by atoms with van der Waals surface area (Å²) in [4.78, 5) is 8.57. The zero-order valence-electron chi connectivity index (χ0n) is 9.76. The molecule has 0 aromatic carbocycles. The summed E-state index contributed by atoms with van der Waals surface area (Å²) in [5.41, 5.74) is -0.0127. The van der Waals surface area contributed by atoms with Gasteiger partial charge in [0.15, 0.2) is 0 Å². The van der Waals surface area contributed by atoms with E-state index in [4.69, 9.17) is 11.6 Å². The highest BCUT2D eigenvalue weighted by atomic mass is 35.5. The summed E-state index contributed by atoms with van der Waals surface area (Å²) in [6.07, 6.45) is 1.88. The predicted molar refractivity (Wildman–Crippen MR) is 64.4 cm³/mol. The Kier molecular flexibility index (Phi) is 3.91. The lowest BCUT2D eigenvalue weighted by molar-refractivity contribution is 0.628. The van der Waals surface area contributed by atoms with Gasteiger partial charge < -0.3 is 5.32 Å². The smallest absolute Gasteiger partial charge is 0.134 e. The first-order valence-corrected chi connectivity index (χ1v) is 5.60. The lowest BCUT2D eigenvalue weighted by atomic mass is 10.1. The van der Waals surface area contributed by atoms with Crippen LogP contribution in [0, 0.1) is 0 Å². The third-order valence-corrected chi connectivity index (χ3v) is 1.91. The van der Waals surface area contributed by atoms with Gasteiger partial charge in [-0.3, -0.25) is 0 Å². The Morgan fingerprint density at radius 2 is 2.00 bits per heavy atom. The standard InChI is InChI=1S/C11H18ClN3/c1-5-6-9-13-8(12)7-10(14-9)15-11(2,3)4/h7H,5-6H2,1-4H3,(H,13,14,15). The lowest BCUT2D eigenvalue weighted by Crippen LogP contribution is -2.27. The molecular weight excluding hydrogens is 210 g/mol. The number of aryl methyl sites for hydroxylation is 1. The summed E-state index contributed by atoms with van der Waals surface area (Å²) in [5.74, 6) is 1.60. The summed E-state index contributed by atoms with van der Waals surface area (Å²) >= 11 is 5.92. The van der Waals surface area contributed by atoms with Crippen LogP contribution >= 0.6 is 11.6 Å². The van der Waals surface area contributed by atoms with Crippen molar-refractivity contribution >= 4 is 17.4 Å². The Balaban J connectivity index is 2.88. The minimum Gasteiger partial charge on any atom is -0.365 e. The van der Waals surface area contributed by atoms with Crippen molar-refractivity contribution < 1.29 is 0 Å². The van der Waals surface area contributed by atoms with Crippen molar-refractivity contribution in [3.63, 3.8) is 0 Å². The third kappa shape index (κ3) is 4.47. The summed E-state index contributed by atoms with van der Waals surface area (Å²) < 4.78 is 0. The van der Waals surface area contributed by atoms with Crippen LogP contribution in [0.4, 0.5) is 5.82 Å². The fourth-order valence-electron chi connectivity index (χ4n) is 1.25. The van der Waals surface area contributed by atoms with Gasteiger partial charge in [0.05, 0.1) is 0 Å². The van der Waals surface area contributed by atoms with E-state index in [1.807, 2.05) is 0 Å². The van der Waals surface area contributed by atoms with E-state index in [1.54, 1.807) is 6.07 Å². The predicted octanol–water partition coefficient (Wildman–Crippen LogP) is 3.29. The molecule has 1 aromatic heterocycles.